The van der Waals surface area contributed by atoms with E-state index in [-0.39, 0.29) is 0 Å². The van der Waals surface area contributed by atoms with Gasteiger partial charge in [-0.3, -0.25) is 0 Å². The highest BCUT2D eigenvalue weighted by molar-refractivity contribution is 6.90. The molecule has 9 heteroatoms. The lowest BCUT2D eigenvalue weighted by atomic mass is 10.1. The molecule has 1 aromatic carbocycles. The lowest BCUT2D eigenvalue weighted by Gasteiger charge is -2.44. The van der Waals surface area contributed by atoms with Crippen LogP contribution in [0.2, 0.25) is 77.6 Å². The summed E-state index contributed by atoms with van der Waals surface area (Å²) in [4.78, 5) is 0. The van der Waals surface area contributed by atoms with Crippen molar-refractivity contribution in [3.8, 4) is 0 Å². The Morgan fingerprint density at radius 1 is 0.594 bits per heavy atom. The van der Waals surface area contributed by atoms with Crippen molar-refractivity contribution in [3.63, 3.8) is 0 Å². The number of rotatable bonds is 15. The molecule has 0 aliphatic rings. The zero-order valence-electron chi connectivity index (χ0n) is 22.8. The van der Waals surface area contributed by atoms with Crippen molar-refractivity contribution < 1.29 is 16.5 Å². The molecule has 0 bridgehead atoms. The Labute approximate surface area is 204 Å². The molecule has 2 atom stereocenters. The lowest BCUT2D eigenvalue weighted by Crippen LogP contribution is -2.60. The van der Waals surface area contributed by atoms with Gasteiger partial charge in [-0.15, -0.1) is 0 Å². The molecule has 186 valence electrons. The molecule has 0 amide bonds. The van der Waals surface area contributed by atoms with E-state index >= 15 is 0 Å². The first kappa shape index (κ1) is 30.2. The quantitative estimate of drug-likeness (QED) is 0.215. The summed E-state index contributed by atoms with van der Waals surface area (Å²) in [5.41, 5.74) is 1.38. The van der Waals surface area contributed by atoms with Gasteiger partial charge in [0.25, 0.3) is 0 Å². The van der Waals surface area contributed by atoms with Gasteiger partial charge in [-0.1, -0.05) is 50.1 Å². The average molecular weight is 531 g/mol. The van der Waals surface area contributed by atoms with Crippen LogP contribution in [0.5, 0.6) is 0 Å². The van der Waals surface area contributed by atoms with Crippen molar-refractivity contribution in [1.82, 2.24) is 0 Å². The molecule has 0 heterocycles. The fourth-order valence-electron chi connectivity index (χ4n) is 4.38. The van der Waals surface area contributed by atoms with Crippen molar-refractivity contribution in [1.29, 1.82) is 0 Å². The summed E-state index contributed by atoms with van der Waals surface area (Å²) in [6.07, 6.45) is 4.42. The molecule has 0 radical (unpaired) electrons. The summed E-state index contributed by atoms with van der Waals surface area (Å²) in [7, 11) is -10.6. The fraction of sp³-hybridized carbons (Fsp3) is 0.739. The van der Waals surface area contributed by atoms with E-state index in [1.807, 2.05) is 0 Å². The van der Waals surface area contributed by atoms with Crippen LogP contribution in [0.4, 0.5) is 0 Å². The Balaban J connectivity index is 3.11. The van der Waals surface area contributed by atoms with E-state index in [0.717, 1.165) is 37.8 Å². The second-order valence-corrected chi connectivity index (χ2v) is 31.8. The second kappa shape index (κ2) is 12.2. The van der Waals surface area contributed by atoms with E-state index in [9.17, 15) is 0 Å². The normalized spacial score (nSPS) is 17.1. The maximum atomic E-state index is 7.13. The van der Waals surface area contributed by atoms with E-state index in [1.165, 1.54) is 5.56 Å². The predicted molar refractivity (Wildman–Crippen MR) is 151 cm³/mol. The molecular formula is C23H50O4Si5. The fourth-order valence-corrected chi connectivity index (χ4v) is 28.4. The van der Waals surface area contributed by atoms with E-state index in [1.54, 1.807) is 0 Å². The number of aryl methyl sites for hydroxylation is 1. The minimum absolute atomic E-state index is 0.969. The Kier molecular flexibility index (Phi) is 11.5. The van der Waals surface area contributed by atoms with Crippen LogP contribution >= 0.6 is 0 Å². The zero-order valence-corrected chi connectivity index (χ0v) is 27.8. The van der Waals surface area contributed by atoms with Gasteiger partial charge in [0.2, 0.25) is 0 Å². The molecule has 0 N–H and O–H groups in total. The van der Waals surface area contributed by atoms with Gasteiger partial charge >= 0.3 is 25.7 Å². The third-order valence-corrected chi connectivity index (χ3v) is 23.2. The van der Waals surface area contributed by atoms with Gasteiger partial charge < -0.3 is 16.5 Å². The highest BCUT2D eigenvalue weighted by atomic mass is 28.5. The highest BCUT2D eigenvalue weighted by Gasteiger charge is 2.48. The number of benzene rings is 1. The van der Waals surface area contributed by atoms with Crippen molar-refractivity contribution in [2.24, 2.45) is 0 Å². The SMILES string of the molecule is CCCC[Si](C)(O[Si](C)(C)C)O[Si](C)(CCCc1ccccc1)O[Si](C)(C)O[Si](C)(C)C. The topological polar surface area (TPSA) is 36.9 Å². The van der Waals surface area contributed by atoms with Crippen LogP contribution in [0.15, 0.2) is 30.3 Å². The summed E-state index contributed by atoms with van der Waals surface area (Å²) in [5.74, 6) is 0. The number of hydrogen-bond donors (Lipinski definition) is 0. The van der Waals surface area contributed by atoms with Crippen LogP contribution in [0.3, 0.4) is 0 Å². The maximum Gasteiger partial charge on any atom is 0.317 e. The van der Waals surface area contributed by atoms with E-state index in [2.05, 4.69) is 103 Å². The van der Waals surface area contributed by atoms with E-state index < -0.39 is 42.3 Å². The van der Waals surface area contributed by atoms with Crippen molar-refractivity contribution in [3.05, 3.63) is 35.9 Å². The summed E-state index contributed by atoms with van der Waals surface area (Å²) < 4.78 is 27.5. The molecule has 0 fully saturated rings. The smallest absolute Gasteiger partial charge is 0.317 e. The van der Waals surface area contributed by atoms with Gasteiger partial charge in [0.1, 0.15) is 0 Å². The predicted octanol–water partition coefficient (Wildman–Crippen LogP) is 8.00. The molecule has 1 aromatic rings. The Morgan fingerprint density at radius 2 is 1.09 bits per heavy atom. The van der Waals surface area contributed by atoms with Crippen LogP contribution in [0, 0.1) is 0 Å². The molecule has 4 nitrogen and oxygen atoms in total. The molecule has 0 saturated carbocycles. The standard InChI is InChI=1S/C23H50O4Si5/c1-12-13-21-31(10,25-29(5,6)7)27-32(11,26-30(8,9)24-28(2,3)4)22-17-20-23-18-15-14-16-19-23/h14-16,18-19H,12-13,17,20-22H2,1-11H3. The Hall–Kier alpha value is 0.144. The molecule has 0 aliphatic carbocycles. The van der Waals surface area contributed by atoms with Gasteiger partial charge in [-0.2, -0.15) is 0 Å². The van der Waals surface area contributed by atoms with Crippen LogP contribution in [0.1, 0.15) is 31.7 Å². The van der Waals surface area contributed by atoms with Gasteiger partial charge in [-0.25, -0.2) is 0 Å². The second-order valence-electron chi connectivity index (χ2n) is 11.7. The maximum absolute atomic E-state index is 7.13. The number of unbranched alkanes of at least 4 members (excludes halogenated alkanes) is 1. The zero-order chi connectivity index (χ0) is 24.7. The van der Waals surface area contributed by atoms with Crippen LogP contribution in [-0.4, -0.2) is 42.3 Å². The monoisotopic (exact) mass is 530 g/mol. The van der Waals surface area contributed by atoms with Crippen LogP contribution < -0.4 is 0 Å². The first-order chi connectivity index (χ1) is 14.5. The first-order valence-corrected chi connectivity index (χ1v) is 27.0. The highest BCUT2D eigenvalue weighted by Crippen LogP contribution is 2.32. The van der Waals surface area contributed by atoms with E-state index in [4.69, 9.17) is 16.5 Å². The van der Waals surface area contributed by atoms with Gasteiger partial charge in [0.05, 0.1) is 0 Å². The first-order valence-electron chi connectivity index (χ1n) is 12.3. The molecule has 0 aliphatic heterocycles. The third-order valence-electron chi connectivity index (χ3n) is 4.89. The van der Waals surface area contributed by atoms with Crippen LogP contribution in [0.25, 0.3) is 0 Å². The molecule has 0 aromatic heterocycles. The minimum Gasteiger partial charge on any atom is -0.437 e. The third kappa shape index (κ3) is 13.1. The summed E-state index contributed by atoms with van der Waals surface area (Å²) in [6.45, 7) is 24.7. The Bertz CT molecular complexity index is 675. The number of hydrogen-bond acceptors (Lipinski definition) is 4. The Morgan fingerprint density at radius 3 is 1.59 bits per heavy atom. The van der Waals surface area contributed by atoms with E-state index in [0.29, 0.717) is 0 Å². The lowest BCUT2D eigenvalue weighted by molar-refractivity contribution is 0.287. The molecule has 32 heavy (non-hydrogen) atoms. The molecule has 2 unspecified atom stereocenters. The van der Waals surface area contributed by atoms with Gasteiger partial charge in [-0.05, 0) is 96.0 Å². The average Bonchev–Trinajstić information content (AvgIpc) is 2.56. The summed E-state index contributed by atoms with van der Waals surface area (Å²) in [5, 5.41) is 0. The largest absolute Gasteiger partial charge is 0.437 e. The van der Waals surface area contributed by atoms with Crippen molar-refractivity contribution in [2.75, 3.05) is 0 Å². The molecule has 0 saturated heterocycles. The van der Waals surface area contributed by atoms with Gasteiger partial charge in [0.15, 0.2) is 16.6 Å². The summed E-state index contributed by atoms with van der Waals surface area (Å²) in [6, 6.07) is 12.7. The molecular weight excluding hydrogens is 481 g/mol. The van der Waals surface area contributed by atoms with Gasteiger partial charge in [0, 0.05) is 0 Å². The molecule has 1 rings (SSSR count). The van der Waals surface area contributed by atoms with Crippen molar-refractivity contribution in [2.45, 2.75) is 110 Å². The minimum atomic E-state index is -2.51. The summed E-state index contributed by atoms with van der Waals surface area (Å²) >= 11 is 0. The van der Waals surface area contributed by atoms with Crippen LogP contribution in [-0.2, 0) is 22.9 Å². The van der Waals surface area contributed by atoms with Crippen molar-refractivity contribution >= 4 is 42.3 Å². The molecule has 0 spiro atoms.